The molecule has 4 nitrogen and oxygen atoms in total. The van der Waals surface area contributed by atoms with Crippen LogP contribution in [-0.4, -0.2) is 35.0 Å². The van der Waals surface area contributed by atoms with Gasteiger partial charge in [0.05, 0.1) is 11.0 Å². The van der Waals surface area contributed by atoms with Gasteiger partial charge in [-0.2, -0.15) is 0 Å². The highest BCUT2D eigenvalue weighted by Crippen LogP contribution is 2.63. The van der Waals surface area contributed by atoms with Crippen molar-refractivity contribution in [1.29, 1.82) is 0 Å². The van der Waals surface area contributed by atoms with Gasteiger partial charge in [-0.1, -0.05) is 12.6 Å². The summed E-state index contributed by atoms with van der Waals surface area (Å²) in [6, 6.07) is 3.74. The number of phenolic OH excluding ortho intramolecular Hbond substituents is 1. The highest BCUT2D eigenvalue weighted by Gasteiger charge is 2.66. The van der Waals surface area contributed by atoms with Gasteiger partial charge >= 0.3 is 0 Å². The van der Waals surface area contributed by atoms with Crippen LogP contribution in [0.15, 0.2) is 24.3 Å². The fourth-order valence-corrected chi connectivity index (χ4v) is 5.50. The number of aromatic hydroxyl groups is 1. The molecule has 0 amide bonds. The molecular weight excluding hydrogens is 314 g/mol. The summed E-state index contributed by atoms with van der Waals surface area (Å²) in [5.41, 5.74) is 2.08. The third kappa shape index (κ3) is 2.07. The van der Waals surface area contributed by atoms with Crippen molar-refractivity contribution in [2.24, 2.45) is 5.92 Å². The SMILES string of the molecule is C=C1CCC2(O)CCc3ccc(O)c4c3[C@@]2(CCNCC2CC2)C1O4. The lowest BCUT2D eigenvalue weighted by Crippen LogP contribution is -2.63. The van der Waals surface area contributed by atoms with Crippen LogP contribution < -0.4 is 10.1 Å². The maximum Gasteiger partial charge on any atom is 0.166 e. The molecule has 0 radical (unpaired) electrons. The van der Waals surface area contributed by atoms with Gasteiger partial charge in [-0.05, 0) is 81.2 Å². The van der Waals surface area contributed by atoms with Gasteiger partial charge in [0.15, 0.2) is 11.5 Å². The van der Waals surface area contributed by atoms with Crippen LogP contribution in [0.1, 0.15) is 49.7 Å². The van der Waals surface area contributed by atoms with Gasteiger partial charge in [-0.15, -0.1) is 0 Å². The van der Waals surface area contributed by atoms with Crippen molar-refractivity contribution >= 4 is 0 Å². The lowest BCUT2D eigenvalue weighted by atomic mass is 9.52. The van der Waals surface area contributed by atoms with Crippen molar-refractivity contribution in [2.75, 3.05) is 13.1 Å². The third-order valence-electron chi connectivity index (χ3n) is 7.05. The highest BCUT2D eigenvalue weighted by atomic mass is 16.5. The van der Waals surface area contributed by atoms with E-state index in [-0.39, 0.29) is 11.9 Å². The summed E-state index contributed by atoms with van der Waals surface area (Å²) in [6.45, 7) is 6.19. The molecular formula is C21H27NO3. The van der Waals surface area contributed by atoms with E-state index in [4.69, 9.17) is 4.74 Å². The second-order valence-electron chi connectivity index (χ2n) is 8.50. The Morgan fingerprint density at radius 2 is 2.04 bits per heavy atom. The standard InChI is InChI=1S/C21H27NO3/c1-13-6-8-20(24)9-7-15-4-5-16(23)18-17(15)21(20,19(13)25-18)10-11-22-12-14-2-3-14/h4-5,14,19,22-24H,1-3,6-12H2/t19?,20?,21-/m0/s1. The summed E-state index contributed by atoms with van der Waals surface area (Å²) in [7, 11) is 0. The maximum atomic E-state index is 11.7. The monoisotopic (exact) mass is 341 g/mol. The summed E-state index contributed by atoms with van der Waals surface area (Å²) < 4.78 is 6.27. The first-order chi connectivity index (χ1) is 12.1. The number of phenols is 1. The van der Waals surface area contributed by atoms with Crippen LogP contribution in [0, 0.1) is 5.92 Å². The Kier molecular flexibility index (Phi) is 3.29. The fraction of sp³-hybridized carbons (Fsp3) is 0.619. The van der Waals surface area contributed by atoms with E-state index in [9.17, 15) is 10.2 Å². The number of rotatable bonds is 5. The van der Waals surface area contributed by atoms with E-state index in [1.807, 2.05) is 6.07 Å². The zero-order chi connectivity index (χ0) is 17.2. The minimum Gasteiger partial charge on any atom is -0.504 e. The summed E-state index contributed by atoms with van der Waals surface area (Å²) >= 11 is 0. The fourth-order valence-electron chi connectivity index (χ4n) is 5.50. The second kappa shape index (κ2) is 5.24. The molecule has 4 aliphatic rings. The van der Waals surface area contributed by atoms with Crippen LogP contribution >= 0.6 is 0 Å². The van der Waals surface area contributed by atoms with Crippen LogP contribution in [0.5, 0.6) is 11.5 Å². The number of nitrogens with one attached hydrogen (secondary N) is 1. The topological polar surface area (TPSA) is 61.7 Å². The van der Waals surface area contributed by atoms with Crippen LogP contribution in [0.2, 0.25) is 0 Å². The van der Waals surface area contributed by atoms with Crippen LogP contribution in [0.3, 0.4) is 0 Å². The Morgan fingerprint density at radius 1 is 1.24 bits per heavy atom. The smallest absolute Gasteiger partial charge is 0.166 e. The van der Waals surface area contributed by atoms with Crippen molar-refractivity contribution in [3.63, 3.8) is 0 Å². The number of ether oxygens (including phenoxy) is 1. The Bertz CT molecular complexity index is 741. The van der Waals surface area contributed by atoms with E-state index < -0.39 is 11.0 Å². The zero-order valence-corrected chi connectivity index (χ0v) is 14.7. The van der Waals surface area contributed by atoms with E-state index in [2.05, 4.69) is 11.9 Å². The van der Waals surface area contributed by atoms with Crippen molar-refractivity contribution in [2.45, 2.75) is 62.1 Å². The molecule has 1 heterocycles. The summed E-state index contributed by atoms with van der Waals surface area (Å²) in [5, 5.41) is 25.7. The molecule has 0 saturated heterocycles. The molecule has 3 aliphatic carbocycles. The summed E-state index contributed by atoms with van der Waals surface area (Å²) in [5.74, 6) is 1.62. The van der Waals surface area contributed by atoms with Crippen LogP contribution in [0.4, 0.5) is 0 Å². The quantitative estimate of drug-likeness (QED) is 0.569. The first-order valence-electron chi connectivity index (χ1n) is 9.68. The van der Waals surface area contributed by atoms with Crippen LogP contribution in [-0.2, 0) is 11.8 Å². The van der Waals surface area contributed by atoms with E-state index >= 15 is 0 Å². The van der Waals surface area contributed by atoms with Gasteiger partial charge in [0.2, 0.25) is 0 Å². The van der Waals surface area contributed by atoms with Gasteiger partial charge in [0.25, 0.3) is 0 Å². The Labute approximate surface area is 148 Å². The molecule has 1 aromatic carbocycles. The maximum absolute atomic E-state index is 11.7. The van der Waals surface area contributed by atoms with Gasteiger partial charge in [0, 0.05) is 5.56 Å². The normalized spacial score (nSPS) is 35.4. The molecule has 0 spiro atoms. The van der Waals surface area contributed by atoms with Crippen molar-refractivity contribution in [1.82, 2.24) is 5.32 Å². The Hall–Kier alpha value is -1.52. The van der Waals surface area contributed by atoms with Crippen molar-refractivity contribution in [3.05, 3.63) is 35.4 Å². The first-order valence-corrected chi connectivity index (χ1v) is 9.68. The van der Waals surface area contributed by atoms with Gasteiger partial charge < -0.3 is 20.3 Å². The lowest BCUT2D eigenvalue weighted by Gasteiger charge is -2.54. The van der Waals surface area contributed by atoms with E-state index in [1.54, 1.807) is 6.07 Å². The highest BCUT2D eigenvalue weighted by molar-refractivity contribution is 5.62. The Balaban J connectivity index is 1.58. The lowest BCUT2D eigenvalue weighted by molar-refractivity contribution is -0.101. The van der Waals surface area contributed by atoms with Crippen LogP contribution in [0.25, 0.3) is 0 Å². The van der Waals surface area contributed by atoms with Crippen molar-refractivity contribution < 1.29 is 14.9 Å². The molecule has 1 aliphatic heterocycles. The number of hydrogen-bond acceptors (Lipinski definition) is 4. The number of aliphatic hydroxyl groups is 1. The predicted octanol–water partition coefficient (Wildman–Crippen LogP) is 2.81. The number of hydrogen-bond donors (Lipinski definition) is 3. The molecule has 2 fully saturated rings. The molecule has 3 atom stereocenters. The minimum atomic E-state index is -0.772. The zero-order valence-electron chi connectivity index (χ0n) is 14.7. The molecule has 25 heavy (non-hydrogen) atoms. The van der Waals surface area contributed by atoms with Gasteiger partial charge in [0.1, 0.15) is 6.10 Å². The minimum absolute atomic E-state index is 0.190. The molecule has 4 heteroatoms. The predicted molar refractivity (Wildman–Crippen MR) is 96.1 cm³/mol. The van der Waals surface area contributed by atoms with Gasteiger partial charge in [-0.3, -0.25) is 0 Å². The van der Waals surface area contributed by atoms with E-state index in [1.165, 1.54) is 18.4 Å². The third-order valence-corrected chi connectivity index (χ3v) is 7.05. The molecule has 2 unspecified atom stereocenters. The average Bonchev–Trinajstić information content (AvgIpc) is 3.35. The molecule has 0 bridgehead atoms. The first kappa shape index (κ1) is 15.7. The molecule has 1 aromatic rings. The molecule has 5 rings (SSSR count). The summed E-state index contributed by atoms with van der Waals surface area (Å²) in [6.07, 6.45) is 6.42. The van der Waals surface area contributed by atoms with Gasteiger partial charge in [-0.25, -0.2) is 0 Å². The van der Waals surface area contributed by atoms with E-state index in [0.717, 1.165) is 62.2 Å². The van der Waals surface area contributed by atoms with Crippen molar-refractivity contribution in [3.8, 4) is 11.5 Å². The largest absolute Gasteiger partial charge is 0.504 e. The number of aryl methyl sites for hydroxylation is 1. The Morgan fingerprint density at radius 3 is 2.84 bits per heavy atom. The molecule has 2 saturated carbocycles. The molecule has 134 valence electrons. The molecule has 3 N–H and O–H groups in total. The average molecular weight is 341 g/mol. The number of benzene rings is 1. The molecule has 0 aromatic heterocycles. The van der Waals surface area contributed by atoms with E-state index in [0.29, 0.717) is 5.75 Å². The summed E-state index contributed by atoms with van der Waals surface area (Å²) in [4.78, 5) is 0. The second-order valence-corrected chi connectivity index (χ2v) is 8.50.